The fourth-order valence-corrected chi connectivity index (χ4v) is 4.28. The van der Waals surface area contributed by atoms with Crippen LogP contribution < -0.4 is 15.5 Å². The minimum Gasteiger partial charge on any atom is -0.497 e. The summed E-state index contributed by atoms with van der Waals surface area (Å²) in [5.74, 6) is 0.204. The molecule has 0 spiro atoms. The van der Waals surface area contributed by atoms with E-state index < -0.39 is 11.8 Å². The SMILES string of the molecule is COc1ccc(NC(=O)N(CCC(C)C)CC(=O)N(Cc2ccc(F)cc2)Cc2coc3ccccc3c2=O)cc1. The van der Waals surface area contributed by atoms with Crippen LogP contribution in [0.1, 0.15) is 31.4 Å². The molecule has 214 valence electrons. The van der Waals surface area contributed by atoms with Gasteiger partial charge in [-0.05, 0) is 66.4 Å². The standard InChI is InChI=1S/C32H34FN3O5/c1-22(2)16-17-35(32(39)34-26-12-14-27(40-3)15-13-26)20-30(37)36(18-23-8-10-25(33)11-9-23)19-24-21-41-29-7-5-4-6-28(29)31(24)38/h4-15,21-22H,16-20H2,1-3H3,(H,34,39). The monoisotopic (exact) mass is 559 g/mol. The lowest BCUT2D eigenvalue weighted by atomic mass is 10.1. The molecule has 41 heavy (non-hydrogen) atoms. The van der Waals surface area contributed by atoms with Crippen molar-refractivity contribution < 1.29 is 23.1 Å². The Morgan fingerprint density at radius 3 is 2.34 bits per heavy atom. The van der Waals surface area contributed by atoms with Crippen LogP contribution in [0.2, 0.25) is 0 Å². The molecular weight excluding hydrogens is 525 g/mol. The first-order valence-corrected chi connectivity index (χ1v) is 13.4. The first-order chi connectivity index (χ1) is 19.7. The molecule has 9 heteroatoms. The van der Waals surface area contributed by atoms with Crippen molar-refractivity contribution in [3.8, 4) is 5.75 Å². The summed E-state index contributed by atoms with van der Waals surface area (Å²) in [5, 5.41) is 3.26. The van der Waals surface area contributed by atoms with Gasteiger partial charge in [-0.15, -0.1) is 0 Å². The molecule has 0 aliphatic heterocycles. The predicted molar refractivity (Wildman–Crippen MR) is 156 cm³/mol. The second-order valence-corrected chi connectivity index (χ2v) is 10.2. The lowest BCUT2D eigenvalue weighted by Crippen LogP contribution is -2.45. The summed E-state index contributed by atoms with van der Waals surface area (Å²) in [6.07, 6.45) is 2.05. The summed E-state index contributed by atoms with van der Waals surface area (Å²) in [5.41, 5.74) is 1.76. The van der Waals surface area contributed by atoms with Crippen LogP contribution in [0.4, 0.5) is 14.9 Å². The van der Waals surface area contributed by atoms with Crippen LogP contribution in [0.25, 0.3) is 11.0 Å². The fourth-order valence-electron chi connectivity index (χ4n) is 4.28. The number of amides is 3. The molecule has 3 amide bonds. The van der Waals surface area contributed by atoms with Gasteiger partial charge in [-0.2, -0.15) is 0 Å². The molecule has 0 aliphatic rings. The van der Waals surface area contributed by atoms with Gasteiger partial charge in [0.25, 0.3) is 0 Å². The lowest BCUT2D eigenvalue weighted by Gasteiger charge is -2.28. The average molecular weight is 560 g/mol. The number of carbonyl (C=O) groups excluding carboxylic acids is 2. The summed E-state index contributed by atoms with van der Waals surface area (Å²) < 4.78 is 24.4. The zero-order chi connectivity index (χ0) is 29.4. The maximum Gasteiger partial charge on any atom is 0.322 e. The van der Waals surface area contributed by atoms with Gasteiger partial charge in [0.2, 0.25) is 5.91 Å². The third-order valence-electron chi connectivity index (χ3n) is 6.68. The molecule has 3 aromatic carbocycles. The first kappa shape index (κ1) is 29.3. The van der Waals surface area contributed by atoms with Crippen molar-refractivity contribution in [1.82, 2.24) is 9.80 Å². The molecule has 0 atom stereocenters. The molecule has 1 N–H and O–H groups in total. The number of nitrogens with one attached hydrogen (secondary N) is 1. The van der Waals surface area contributed by atoms with E-state index in [9.17, 15) is 18.8 Å². The van der Waals surface area contributed by atoms with Gasteiger partial charge < -0.3 is 24.3 Å². The number of benzene rings is 3. The van der Waals surface area contributed by atoms with E-state index in [-0.39, 0.29) is 31.0 Å². The van der Waals surface area contributed by atoms with E-state index in [1.807, 2.05) is 13.8 Å². The van der Waals surface area contributed by atoms with E-state index in [4.69, 9.17) is 9.15 Å². The highest BCUT2D eigenvalue weighted by Crippen LogP contribution is 2.18. The highest BCUT2D eigenvalue weighted by molar-refractivity contribution is 5.92. The second-order valence-electron chi connectivity index (χ2n) is 10.2. The number of para-hydroxylation sites is 1. The number of hydrogen-bond donors (Lipinski definition) is 1. The van der Waals surface area contributed by atoms with E-state index in [0.29, 0.717) is 52.4 Å². The van der Waals surface area contributed by atoms with Crippen LogP contribution in [0, 0.1) is 11.7 Å². The Hall–Kier alpha value is -4.66. The van der Waals surface area contributed by atoms with Crippen LogP contribution >= 0.6 is 0 Å². The summed E-state index contributed by atoms with van der Waals surface area (Å²) in [6, 6.07) is 19.2. The quantitative estimate of drug-likeness (QED) is 0.242. The molecule has 1 aromatic heterocycles. The molecule has 0 unspecified atom stereocenters. The van der Waals surface area contributed by atoms with Crippen molar-refractivity contribution in [1.29, 1.82) is 0 Å². The van der Waals surface area contributed by atoms with Crippen molar-refractivity contribution in [3.05, 3.63) is 106 Å². The summed E-state index contributed by atoms with van der Waals surface area (Å²) >= 11 is 0. The zero-order valence-electron chi connectivity index (χ0n) is 23.4. The van der Waals surface area contributed by atoms with Gasteiger partial charge in [0.1, 0.15) is 23.7 Å². The highest BCUT2D eigenvalue weighted by atomic mass is 19.1. The van der Waals surface area contributed by atoms with Crippen LogP contribution in [-0.2, 0) is 17.9 Å². The number of fused-ring (bicyclic) bond motifs is 1. The van der Waals surface area contributed by atoms with E-state index in [0.717, 1.165) is 0 Å². The normalized spacial score (nSPS) is 11.0. The van der Waals surface area contributed by atoms with Crippen LogP contribution in [0.3, 0.4) is 0 Å². The minimum atomic E-state index is -0.420. The highest BCUT2D eigenvalue weighted by Gasteiger charge is 2.23. The van der Waals surface area contributed by atoms with Gasteiger partial charge in [-0.1, -0.05) is 38.1 Å². The maximum absolute atomic E-state index is 13.8. The Bertz CT molecular complexity index is 1530. The number of halogens is 1. The van der Waals surface area contributed by atoms with Gasteiger partial charge in [-0.25, -0.2) is 9.18 Å². The number of anilines is 1. The molecule has 8 nitrogen and oxygen atoms in total. The largest absolute Gasteiger partial charge is 0.497 e. The lowest BCUT2D eigenvalue weighted by molar-refractivity contribution is -0.133. The Labute approximate surface area is 238 Å². The van der Waals surface area contributed by atoms with Gasteiger partial charge in [0.15, 0.2) is 5.43 Å². The topological polar surface area (TPSA) is 92.1 Å². The number of carbonyl (C=O) groups is 2. The van der Waals surface area contributed by atoms with Crippen LogP contribution in [0.5, 0.6) is 5.75 Å². The Morgan fingerprint density at radius 1 is 0.951 bits per heavy atom. The molecule has 1 heterocycles. The minimum absolute atomic E-state index is 0.0402. The maximum atomic E-state index is 13.8. The summed E-state index contributed by atoms with van der Waals surface area (Å²) in [6.45, 7) is 4.30. The van der Waals surface area contributed by atoms with Gasteiger partial charge >= 0.3 is 6.03 Å². The van der Waals surface area contributed by atoms with E-state index in [1.54, 1.807) is 67.8 Å². The van der Waals surface area contributed by atoms with Crippen molar-refractivity contribution in [2.24, 2.45) is 5.92 Å². The number of ether oxygens (including phenoxy) is 1. The molecule has 4 rings (SSSR count). The molecular formula is C32H34FN3O5. The molecule has 0 aliphatic carbocycles. The number of methoxy groups -OCH3 is 1. The Morgan fingerprint density at radius 2 is 1.66 bits per heavy atom. The Kier molecular flexibility index (Phi) is 9.73. The van der Waals surface area contributed by atoms with Crippen LogP contribution in [-0.4, -0.2) is 41.9 Å². The molecule has 4 aromatic rings. The molecule has 0 fully saturated rings. The summed E-state index contributed by atoms with van der Waals surface area (Å²) in [7, 11) is 1.56. The number of urea groups is 1. The number of hydrogen-bond acceptors (Lipinski definition) is 5. The first-order valence-electron chi connectivity index (χ1n) is 13.4. The van der Waals surface area contributed by atoms with Crippen molar-refractivity contribution in [3.63, 3.8) is 0 Å². The smallest absolute Gasteiger partial charge is 0.322 e. The third-order valence-corrected chi connectivity index (χ3v) is 6.68. The predicted octanol–water partition coefficient (Wildman–Crippen LogP) is 6.05. The van der Waals surface area contributed by atoms with Crippen molar-refractivity contribution >= 4 is 28.6 Å². The van der Waals surface area contributed by atoms with Gasteiger partial charge in [0, 0.05) is 18.8 Å². The van der Waals surface area contributed by atoms with Crippen molar-refractivity contribution in [2.75, 3.05) is 25.5 Å². The average Bonchev–Trinajstić information content (AvgIpc) is 2.97. The van der Waals surface area contributed by atoms with Crippen LogP contribution in [0.15, 0.2) is 88.3 Å². The van der Waals surface area contributed by atoms with Gasteiger partial charge in [-0.3, -0.25) is 9.59 Å². The van der Waals surface area contributed by atoms with E-state index in [1.165, 1.54) is 28.2 Å². The number of nitrogens with zero attached hydrogens (tertiary/aromatic N) is 2. The van der Waals surface area contributed by atoms with E-state index in [2.05, 4.69) is 5.32 Å². The second kappa shape index (κ2) is 13.6. The molecule has 0 bridgehead atoms. The number of rotatable bonds is 11. The third kappa shape index (κ3) is 7.94. The van der Waals surface area contributed by atoms with Crippen molar-refractivity contribution in [2.45, 2.75) is 33.4 Å². The fraction of sp³-hybridized carbons (Fsp3) is 0.281. The molecule has 0 radical (unpaired) electrons. The molecule has 0 saturated heterocycles. The zero-order valence-corrected chi connectivity index (χ0v) is 23.4. The van der Waals surface area contributed by atoms with Gasteiger partial charge in [0.05, 0.1) is 30.9 Å². The molecule has 0 saturated carbocycles. The Balaban J connectivity index is 1.58. The summed E-state index contributed by atoms with van der Waals surface area (Å²) in [4.78, 5) is 43.2. The van der Waals surface area contributed by atoms with E-state index >= 15 is 0 Å².